The van der Waals surface area contributed by atoms with Gasteiger partial charge >= 0.3 is 0 Å². The molecule has 0 spiro atoms. The van der Waals surface area contributed by atoms with Gasteiger partial charge in [0.05, 0.1) is 5.69 Å². The van der Waals surface area contributed by atoms with Crippen LogP contribution in [0.5, 0.6) is 5.75 Å². The van der Waals surface area contributed by atoms with Gasteiger partial charge < -0.3 is 9.64 Å². The van der Waals surface area contributed by atoms with Gasteiger partial charge in [0.15, 0.2) is 12.4 Å². The highest BCUT2D eigenvalue weighted by atomic mass is 19.1. The van der Waals surface area contributed by atoms with Gasteiger partial charge in [-0.15, -0.1) is 0 Å². The molecule has 3 rings (SSSR count). The van der Waals surface area contributed by atoms with E-state index in [0.29, 0.717) is 5.69 Å². The van der Waals surface area contributed by atoms with Crippen LogP contribution in [0.3, 0.4) is 0 Å². The summed E-state index contributed by atoms with van der Waals surface area (Å²) >= 11 is 0. The molecule has 1 atom stereocenters. The van der Waals surface area contributed by atoms with E-state index in [2.05, 4.69) is 0 Å². The zero-order chi connectivity index (χ0) is 12.2. The Hall–Kier alpha value is -1.91. The number of amides is 1. The number of halogens is 1. The number of rotatable bonds is 0. The van der Waals surface area contributed by atoms with Crippen molar-refractivity contribution in [2.45, 2.75) is 19.4 Å². The maximum Gasteiger partial charge on any atom is 0.265 e. The molecule has 4 nitrogen and oxygen atoms in total. The summed E-state index contributed by atoms with van der Waals surface area (Å²) in [6.07, 6.45) is 0.224. The molecule has 0 radical (unpaired) electrons. The number of anilines is 1. The predicted octanol–water partition coefficient (Wildman–Crippen LogP) is 1.53. The summed E-state index contributed by atoms with van der Waals surface area (Å²) in [5, 5.41) is 0. The molecule has 2 aliphatic rings. The minimum absolute atomic E-state index is 0.103. The summed E-state index contributed by atoms with van der Waals surface area (Å²) in [6, 6.07) is 2.18. The Morgan fingerprint density at radius 3 is 2.94 bits per heavy atom. The summed E-state index contributed by atoms with van der Waals surface area (Å²) in [7, 11) is 0. The highest BCUT2D eigenvalue weighted by Gasteiger charge is 2.38. The van der Waals surface area contributed by atoms with E-state index < -0.39 is 5.82 Å². The Morgan fingerprint density at radius 2 is 2.18 bits per heavy atom. The standard InChI is InChI=1S/C12H10FNO3/c1-6-2-9(15)8-3-7(13)4-10-12(8)14(6)11(16)5-17-10/h3-4,6H,2,5H2,1H3. The Balaban J connectivity index is 2.29. The SMILES string of the molecule is CC1CC(=O)c2cc(F)cc3c2N1C(=O)CO3. The second-order valence-corrected chi connectivity index (χ2v) is 4.33. The first-order valence-electron chi connectivity index (χ1n) is 5.39. The fourth-order valence-corrected chi connectivity index (χ4v) is 2.41. The Kier molecular flexibility index (Phi) is 1.98. The summed E-state index contributed by atoms with van der Waals surface area (Å²) in [6.45, 7) is 1.70. The van der Waals surface area contributed by atoms with Gasteiger partial charge in [0, 0.05) is 24.1 Å². The van der Waals surface area contributed by atoms with Gasteiger partial charge in [-0.05, 0) is 13.0 Å². The fourth-order valence-electron chi connectivity index (χ4n) is 2.41. The van der Waals surface area contributed by atoms with Gasteiger partial charge in [-0.25, -0.2) is 4.39 Å². The van der Waals surface area contributed by atoms with Crippen LogP contribution in [0, 0.1) is 5.82 Å². The number of carbonyl (C=O) groups excluding carboxylic acids is 2. The van der Waals surface area contributed by atoms with E-state index in [9.17, 15) is 14.0 Å². The van der Waals surface area contributed by atoms with Crippen molar-refractivity contribution in [3.63, 3.8) is 0 Å². The van der Waals surface area contributed by atoms with Crippen LogP contribution in [-0.2, 0) is 4.79 Å². The van der Waals surface area contributed by atoms with E-state index in [1.165, 1.54) is 17.0 Å². The van der Waals surface area contributed by atoms with Crippen LogP contribution >= 0.6 is 0 Å². The van der Waals surface area contributed by atoms with Gasteiger partial charge in [0.1, 0.15) is 11.6 Å². The third kappa shape index (κ3) is 1.35. The van der Waals surface area contributed by atoms with Gasteiger partial charge in [0.2, 0.25) is 0 Å². The van der Waals surface area contributed by atoms with E-state index in [1.54, 1.807) is 6.92 Å². The van der Waals surface area contributed by atoms with Crippen molar-refractivity contribution in [3.05, 3.63) is 23.5 Å². The Bertz CT molecular complexity index is 541. The van der Waals surface area contributed by atoms with E-state index >= 15 is 0 Å². The van der Waals surface area contributed by atoms with Gasteiger partial charge in [-0.1, -0.05) is 0 Å². The molecule has 17 heavy (non-hydrogen) atoms. The third-order valence-corrected chi connectivity index (χ3v) is 3.12. The molecule has 0 saturated carbocycles. The number of ether oxygens (including phenoxy) is 1. The van der Waals surface area contributed by atoms with Crippen LogP contribution in [0.15, 0.2) is 12.1 Å². The number of Topliss-reactive ketones (excluding diaryl/α,β-unsaturated/α-hetero) is 1. The lowest BCUT2D eigenvalue weighted by atomic mass is 9.94. The first-order valence-corrected chi connectivity index (χ1v) is 5.39. The smallest absolute Gasteiger partial charge is 0.265 e. The second kappa shape index (κ2) is 3.29. The van der Waals surface area contributed by atoms with Crippen molar-refractivity contribution in [1.82, 2.24) is 0 Å². The predicted molar refractivity (Wildman–Crippen MR) is 57.8 cm³/mol. The zero-order valence-electron chi connectivity index (χ0n) is 9.20. The second-order valence-electron chi connectivity index (χ2n) is 4.33. The van der Waals surface area contributed by atoms with Crippen LogP contribution in [-0.4, -0.2) is 24.3 Å². The molecule has 1 aromatic carbocycles. The highest BCUT2D eigenvalue weighted by Crippen LogP contribution is 2.41. The van der Waals surface area contributed by atoms with Crippen LogP contribution in [0.25, 0.3) is 0 Å². The number of hydrogen-bond donors (Lipinski definition) is 0. The Labute approximate surface area is 97.0 Å². The molecule has 2 heterocycles. The van der Waals surface area contributed by atoms with Crippen molar-refractivity contribution in [2.24, 2.45) is 0 Å². The molecule has 88 valence electrons. The van der Waals surface area contributed by atoms with E-state index in [4.69, 9.17) is 4.74 Å². The van der Waals surface area contributed by atoms with Crippen molar-refractivity contribution in [2.75, 3.05) is 11.5 Å². The van der Waals surface area contributed by atoms with Crippen molar-refractivity contribution < 1.29 is 18.7 Å². The van der Waals surface area contributed by atoms with Crippen LogP contribution in [0.2, 0.25) is 0 Å². The summed E-state index contributed by atoms with van der Waals surface area (Å²) in [5.41, 5.74) is 0.664. The average molecular weight is 235 g/mol. The maximum absolute atomic E-state index is 13.3. The molecular formula is C12H10FNO3. The van der Waals surface area contributed by atoms with E-state index in [0.717, 1.165) is 0 Å². The average Bonchev–Trinajstić information content (AvgIpc) is 2.26. The lowest BCUT2D eigenvalue weighted by Crippen LogP contribution is -2.48. The Morgan fingerprint density at radius 1 is 1.41 bits per heavy atom. The van der Waals surface area contributed by atoms with E-state index in [-0.39, 0.29) is 42.1 Å². The first-order chi connectivity index (χ1) is 8.08. The number of hydrogen-bond acceptors (Lipinski definition) is 3. The molecular weight excluding hydrogens is 225 g/mol. The minimum atomic E-state index is -0.518. The fraction of sp³-hybridized carbons (Fsp3) is 0.333. The van der Waals surface area contributed by atoms with Crippen LogP contribution in [0.1, 0.15) is 23.7 Å². The zero-order valence-corrected chi connectivity index (χ0v) is 9.20. The van der Waals surface area contributed by atoms with Crippen molar-refractivity contribution >= 4 is 17.4 Å². The largest absolute Gasteiger partial charge is 0.481 e. The van der Waals surface area contributed by atoms with Crippen molar-refractivity contribution in [1.29, 1.82) is 0 Å². The van der Waals surface area contributed by atoms with E-state index in [1.807, 2.05) is 0 Å². The molecule has 0 bridgehead atoms. The number of ketones is 1. The highest BCUT2D eigenvalue weighted by molar-refractivity contribution is 6.12. The lowest BCUT2D eigenvalue weighted by Gasteiger charge is -2.38. The monoisotopic (exact) mass is 235 g/mol. The molecule has 0 aromatic heterocycles. The molecule has 0 saturated heterocycles. The topological polar surface area (TPSA) is 46.6 Å². The molecule has 0 aliphatic carbocycles. The van der Waals surface area contributed by atoms with Gasteiger partial charge in [-0.2, -0.15) is 0 Å². The summed E-state index contributed by atoms with van der Waals surface area (Å²) < 4.78 is 18.5. The van der Waals surface area contributed by atoms with Crippen molar-refractivity contribution in [3.8, 4) is 5.75 Å². The molecule has 5 heteroatoms. The first kappa shape index (κ1) is 10.3. The van der Waals surface area contributed by atoms with Crippen LogP contribution < -0.4 is 9.64 Å². The van der Waals surface area contributed by atoms with Gasteiger partial charge in [0.25, 0.3) is 5.91 Å². The third-order valence-electron chi connectivity index (χ3n) is 3.12. The molecule has 0 fully saturated rings. The summed E-state index contributed by atoms with van der Waals surface area (Å²) in [4.78, 5) is 25.1. The normalized spacial score (nSPS) is 22.2. The quantitative estimate of drug-likeness (QED) is 0.685. The maximum atomic E-state index is 13.3. The molecule has 1 aromatic rings. The number of carbonyl (C=O) groups is 2. The lowest BCUT2D eigenvalue weighted by molar-refractivity contribution is -0.121. The molecule has 2 aliphatic heterocycles. The van der Waals surface area contributed by atoms with Gasteiger partial charge in [-0.3, -0.25) is 9.59 Å². The number of benzene rings is 1. The number of nitrogens with zero attached hydrogens (tertiary/aromatic N) is 1. The summed E-state index contributed by atoms with van der Waals surface area (Å²) in [5.74, 6) is -0.580. The molecule has 1 amide bonds. The van der Waals surface area contributed by atoms with Crippen LogP contribution in [0.4, 0.5) is 10.1 Å². The molecule has 0 N–H and O–H groups in total. The molecule has 1 unspecified atom stereocenters. The minimum Gasteiger partial charge on any atom is -0.481 e.